The molecular weight excluding hydrogens is 241 g/mol. The largest absolute Gasteiger partial charge is 0.331 e. The van der Waals surface area contributed by atoms with Gasteiger partial charge in [0.15, 0.2) is 0 Å². The molecule has 18 heavy (non-hydrogen) atoms. The number of nitrogens with zero attached hydrogens (tertiary/aromatic N) is 1. The van der Waals surface area contributed by atoms with Gasteiger partial charge in [0.25, 0.3) is 0 Å². The minimum absolute atomic E-state index is 0.103. The number of hydrogen-bond acceptors (Lipinski definition) is 2. The molecule has 0 aromatic heterocycles. The molecule has 1 aromatic rings. The van der Waals surface area contributed by atoms with Crippen molar-refractivity contribution in [3.63, 3.8) is 0 Å². The van der Waals surface area contributed by atoms with Crippen LogP contribution in [0.1, 0.15) is 39.2 Å². The van der Waals surface area contributed by atoms with Crippen LogP contribution in [0.25, 0.3) is 0 Å². The lowest BCUT2D eigenvalue weighted by Crippen LogP contribution is -2.36. The van der Waals surface area contributed by atoms with Crippen LogP contribution in [-0.4, -0.2) is 22.9 Å². The topological polar surface area (TPSA) is 12.5 Å². The third kappa shape index (κ3) is 1.82. The minimum atomic E-state index is -0.423. The Balaban J connectivity index is 1.97. The number of hydrogen-bond donors (Lipinski definition) is 0. The molecule has 2 aliphatic rings. The van der Waals surface area contributed by atoms with E-state index in [1.165, 1.54) is 24.9 Å². The van der Waals surface area contributed by atoms with E-state index >= 15 is 0 Å². The lowest BCUT2D eigenvalue weighted by Gasteiger charge is -2.29. The zero-order valence-corrected chi connectivity index (χ0v) is 12.4. The fourth-order valence-electron chi connectivity index (χ4n) is 3.27. The van der Waals surface area contributed by atoms with Crippen molar-refractivity contribution in [1.29, 1.82) is 0 Å². The second kappa shape index (κ2) is 4.59. The average Bonchev–Trinajstić information content (AvgIpc) is 2.94. The van der Waals surface area contributed by atoms with Crippen molar-refractivity contribution in [1.82, 2.24) is 4.67 Å². The molecule has 98 valence electrons. The van der Waals surface area contributed by atoms with Gasteiger partial charge in [-0.15, -0.1) is 0 Å². The van der Waals surface area contributed by atoms with E-state index in [2.05, 4.69) is 55.8 Å². The maximum atomic E-state index is 6.55. The van der Waals surface area contributed by atoms with Gasteiger partial charge in [0.1, 0.15) is 13.9 Å². The molecule has 3 atom stereocenters. The van der Waals surface area contributed by atoms with Crippen molar-refractivity contribution in [2.75, 3.05) is 6.54 Å². The van der Waals surface area contributed by atoms with Gasteiger partial charge in [0, 0.05) is 18.2 Å². The molecule has 1 aromatic carbocycles. The molecule has 2 heterocycles. The highest BCUT2D eigenvalue weighted by Gasteiger charge is 2.54. The number of fused-ring (bicyclic) bond motifs is 1. The first-order valence-electron chi connectivity index (χ1n) is 6.93. The Kier molecular flexibility index (Phi) is 3.21. The number of rotatable bonds is 2. The van der Waals surface area contributed by atoms with Crippen molar-refractivity contribution in [2.24, 2.45) is 0 Å². The van der Waals surface area contributed by atoms with E-state index in [9.17, 15) is 0 Å². The van der Waals surface area contributed by atoms with E-state index in [0.29, 0.717) is 11.7 Å². The second-order valence-electron chi connectivity index (χ2n) is 5.78. The Hall–Kier alpha value is -0.430. The lowest BCUT2D eigenvalue weighted by atomic mass is 9.87. The highest BCUT2D eigenvalue weighted by atomic mass is 31.2. The zero-order chi connectivity index (χ0) is 12.8. The fraction of sp³-hybridized carbons (Fsp3) is 0.600. The summed E-state index contributed by atoms with van der Waals surface area (Å²) in [5.41, 5.74) is 1.85. The molecule has 2 aliphatic heterocycles. The molecule has 2 saturated heterocycles. The van der Waals surface area contributed by atoms with E-state index in [0.717, 1.165) is 0 Å². The summed E-state index contributed by atoms with van der Waals surface area (Å²) in [6.07, 6.45) is 2.60. The summed E-state index contributed by atoms with van der Waals surface area (Å²) in [6, 6.07) is 11.3. The first-order chi connectivity index (χ1) is 8.63. The van der Waals surface area contributed by atoms with E-state index < -0.39 is 8.30 Å². The van der Waals surface area contributed by atoms with Crippen molar-refractivity contribution < 1.29 is 4.52 Å². The summed E-state index contributed by atoms with van der Waals surface area (Å²) >= 11 is 0. The van der Waals surface area contributed by atoms with Gasteiger partial charge in [-0.05, 0) is 25.3 Å². The van der Waals surface area contributed by atoms with E-state index in [1.54, 1.807) is 0 Å². The first kappa shape index (κ1) is 12.6. The monoisotopic (exact) mass is 263 g/mol. The maximum Gasteiger partial charge on any atom is 0.112 e. The molecule has 0 spiro atoms. The maximum absolute atomic E-state index is 6.55. The Morgan fingerprint density at radius 1 is 1.33 bits per heavy atom. The van der Waals surface area contributed by atoms with Crippen LogP contribution >= 0.6 is 8.30 Å². The van der Waals surface area contributed by atoms with Crippen LogP contribution < -0.4 is 0 Å². The van der Waals surface area contributed by atoms with Gasteiger partial charge >= 0.3 is 0 Å². The van der Waals surface area contributed by atoms with Crippen LogP contribution in [-0.2, 0) is 10.1 Å². The highest BCUT2D eigenvalue weighted by Crippen LogP contribution is 2.64. The van der Waals surface area contributed by atoms with Crippen molar-refractivity contribution in [3.05, 3.63) is 35.9 Å². The quantitative estimate of drug-likeness (QED) is 0.744. The van der Waals surface area contributed by atoms with Gasteiger partial charge in [-0.1, -0.05) is 44.2 Å². The lowest BCUT2D eigenvalue weighted by molar-refractivity contribution is 0.0879. The molecule has 0 aliphatic carbocycles. The molecule has 2 nitrogen and oxygen atoms in total. The van der Waals surface area contributed by atoms with Gasteiger partial charge in [-0.3, -0.25) is 4.67 Å². The third-order valence-electron chi connectivity index (χ3n) is 4.19. The van der Waals surface area contributed by atoms with Crippen molar-refractivity contribution in [2.45, 2.75) is 50.9 Å². The van der Waals surface area contributed by atoms with Crippen LogP contribution in [0, 0.1) is 0 Å². The Morgan fingerprint density at radius 2 is 2.06 bits per heavy atom. The van der Waals surface area contributed by atoms with Crippen LogP contribution in [0.4, 0.5) is 0 Å². The SMILES string of the molecule is CC(C)P1O[C@](C)(c2ccccc2)[C@@H]2CCCN21. The van der Waals surface area contributed by atoms with Crippen LogP contribution in [0.3, 0.4) is 0 Å². The summed E-state index contributed by atoms with van der Waals surface area (Å²) in [6.45, 7) is 8.09. The Bertz CT molecular complexity index is 422. The van der Waals surface area contributed by atoms with E-state index in [1.807, 2.05) is 0 Å². The summed E-state index contributed by atoms with van der Waals surface area (Å²) in [5.74, 6) is 0. The standard InChI is InChI=1S/C15H22NOP/c1-12(2)18-16-11-7-10-14(16)15(3,17-18)13-8-5-4-6-9-13/h4-6,8-9,12,14H,7,10-11H2,1-3H3/t14-,15+,18?/m0/s1. The smallest absolute Gasteiger partial charge is 0.112 e. The average molecular weight is 263 g/mol. The molecule has 1 unspecified atom stereocenters. The highest BCUT2D eigenvalue weighted by molar-refractivity contribution is 7.51. The molecule has 0 saturated carbocycles. The van der Waals surface area contributed by atoms with E-state index in [4.69, 9.17) is 4.52 Å². The number of benzene rings is 1. The Labute approximate surface area is 111 Å². The molecule has 0 amide bonds. The summed E-state index contributed by atoms with van der Waals surface area (Å²) in [4.78, 5) is 0. The molecular formula is C15H22NOP. The van der Waals surface area contributed by atoms with Crippen molar-refractivity contribution in [3.8, 4) is 0 Å². The molecule has 2 fully saturated rings. The minimum Gasteiger partial charge on any atom is -0.331 e. The molecule has 0 bridgehead atoms. The Morgan fingerprint density at radius 3 is 2.72 bits per heavy atom. The van der Waals surface area contributed by atoms with Gasteiger partial charge in [-0.25, -0.2) is 0 Å². The second-order valence-corrected chi connectivity index (χ2v) is 8.12. The van der Waals surface area contributed by atoms with E-state index in [-0.39, 0.29) is 5.60 Å². The predicted molar refractivity (Wildman–Crippen MR) is 76.7 cm³/mol. The normalized spacial score (nSPS) is 36.2. The van der Waals surface area contributed by atoms with Crippen LogP contribution in [0.15, 0.2) is 30.3 Å². The first-order valence-corrected chi connectivity index (χ1v) is 8.21. The fourth-order valence-corrected chi connectivity index (χ4v) is 5.74. The molecule has 3 rings (SSSR count). The van der Waals surface area contributed by atoms with Gasteiger partial charge < -0.3 is 4.52 Å². The predicted octanol–water partition coefficient (Wildman–Crippen LogP) is 4.12. The van der Waals surface area contributed by atoms with Gasteiger partial charge in [-0.2, -0.15) is 0 Å². The van der Waals surface area contributed by atoms with Gasteiger partial charge in [0.05, 0.1) is 0 Å². The molecule has 3 heteroatoms. The molecule has 0 N–H and O–H groups in total. The summed E-state index contributed by atoms with van der Waals surface area (Å²) < 4.78 is 9.20. The third-order valence-corrected chi connectivity index (χ3v) is 6.62. The molecule has 0 radical (unpaired) electrons. The van der Waals surface area contributed by atoms with Crippen LogP contribution in [0.5, 0.6) is 0 Å². The zero-order valence-electron chi connectivity index (χ0n) is 11.5. The van der Waals surface area contributed by atoms with Gasteiger partial charge in [0.2, 0.25) is 0 Å². The summed E-state index contributed by atoms with van der Waals surface area (Å²) in [7, 11) is -0.423. The van der Waals surface area contributed by atoms with Crippen LogP contribution in [0.2, 0.25) is 0 Å². The van der Waals surface area contributed by atoms with Crippen molar-refractivity contribution >= 4 is 8.30 Å². The summed E-state index contributed by atoms with van der Waals surface area (Å²) in [5, 5.41) is 0.